The number of hydrogen-bond acceptors (Lipinski definition) is 5. The zero-order valence-electron chi connectivity index (χ0n) is 14.4. The molecule has 0 aliphatic rings. The van der Waals surface area contributed by atoms with Crippen LogP contribution in [0.2, 0.25) is 0 Å². The van der Waals surface area contributed by atoms with Crippen molar-refractivity contribution < 1.29 is 22.7 Å². The van der Waals surface area contributed by atoms with E-state index in [9.17, 15) is 13.2 Å². The first-order valence-corrected chi connectivity index (χ1v) is 9.32. The zero-order chi connectivity index (χ0) is 18.4. The molecule has 2 aromatic rings. The summed E-state index contributed by atoms with van der Waals surface area (Å²) in [7, 11) is -0.509. The molecule has 2 aromatic carbocycles. The van der Waals surface area contributed by atoms with Gasteiger partial charge in [-0.3, -0.25) is 4.79 Å². The Morgan fingerprint density at radius 3 is 2.32 bits per heavy atom. The van der Waals surface area contributed by atoms with E-state index >= 15 is 0 Å². The second kappa shape index (κ2) is 8.02. The van der Waals surface area contributed by atoms with Crippen molar-refractivity contribution in [2.75, 3.05) is 25.3 Å². The Bertz CT molecular complexity index is 844. The average molecular weight is 363 g/mol. The largest absolute Gasteiger partial charge is 0.497 e. The average Bonchev–Trinajstić information content (AvgIpc) is 2.60. The molecule has 25 heavy (non-hydrogen) atoms. The molecular formula is C18H21NO5S. The molecule has 0 bridgehead atoms. The van der Waals surface area contributed by atoms with Gasteiger partial charge in [-0.05, 0) is 31.2 Å². The first-order chi connectivity index (χ1) is 11.9. The Labute approximate surface area is 147 Å². The fourth-order valence-corrected chi connectivity index (χ4v) is 3.46. The molecule has 0 heterocycles. The Kier molecular flexibility index (Phi) is 6.03. The van der Waals surface area contributed by atoms with Gasteiger partial charge in [-0.2, -0.15) is 0 Å². The van der Waals surface area contributed by atoms with Gasteiger partial charge in [0.05, 0.1) is 30.6 Å². The van der Waals surface area contributed by atoms with E-state index in [-0.39, 0.29) is 17.1 Å². The number of benzene rings is 2. The highest BCUT2D eigenvalue weighted by Crippen LogP contribution is 2.29. The quantitative estimate of drug-likeness (QED) is 0.818. The maximum Gasteiger partial charge on any atom is 0.225 e. The predicted molar refractivity (Wildman–Crippen MR) is 96.0 cm³/mol. The standard InChI is InChI=1S/C18H21NO5S/c1-13-4-7-15(8-5-13)25(21,22)11-10-18(20)19-16-12-14(23-2)6-9-17(16)24-3/h4-9,12H,10-11H2,1-3H3,(H,19,20). The van der Waals surface area contributed by atoms with E-state index in [0.29, 0.717) is 17.2 Å². The van der Waals surface area contributed by atoms with Crippen molar-refractivity contribution in [3.05, 3.63) is 48.0 Å². The third kappa shape index (κ3) is 4.96. The number of amides is 1. The number of ether oxygens (including phenoxy) is 2. The van der Waals surface area contributed by atoms with Gasteiger partial charge in [0.15, 0.2) is 9.84 Å². The molecule has 1 N–H and O–H groups in total. The Balaban J connectivity index is 2.04. The molecule has 6 nitrogen and oxygen atoms in total. The minimum atomic E-state index is -3.51. The van der Waals surface area contributed by atoms with Crippen molar-refractivity contribution in [1.82, 2.24) is 0 Å². The third-order valence-corrected chi connectivity index (χ3v) is 5.39. The minimum Gasteiger partial charge on any atom is -0.497 e. The van der Waals surface area contributed by atoms with Gasteiger partial charge in [-0.25, -0.2) is 8.42 Å². The van der Waals surface area contributed by atoms with Crippen molar-refractivity contribution in [2.24, 2.45) is 0 Å². The maximum atomic E-state index is 12.3. The molecule has 0 saturated heterocycles. The lowest BCUT2D eigenvalue weighted by Crippen LogP contribution is -2.18. The number of aryl methyl sites for hydroxylation is 1. The van der Waals surface area contributed by atoms with Crippen molar-refractivity contribution >= 4 is 21.4 Å². The van der Waals surface area contributed by atoms with E-state index in [4.69, 9.17) is 9.47 Å². The summed E-state index contributed by atoms with van der Waals surface area (Å²) >= 11 is 0. The molecule has 0 aromatic heterocycles. The van der Waals surface area contributed by atoms with Gasteiger partial charge < -0.3 is 14.8 Å². The fourth-order valence-electron chi connectivity index (χ4n) is 2.21. The number of sulfone groups is 1. The Hall–Kier alpha value is -2.54. The van der Waals surface area contributed by atoms with E-state index in [0.717, 1.165) is 5.56 Å². The number of anilines is 1. The van der Waals surface area contributed by atoms with Gasteiger partial charge in [0.2, 0.25) is 5.91 Å². The van der Waals surface area contributed by atoms with E-state index in [2.05, 4.69) is 5.32 Å². The summed E-state index contributed by atoms with van der Waals surface area (Å²) in [5, 5.41) is 2.66. The van der Waals surface area contributed by atoms with E-state index in [1.54, 1.807) is 42.5 Å². The molecule has 0 fully saturated rings. The van der Waals surface area contributed by atoms with Crippen LogP contribution in [0.5, 0.6) is 11.5 Å². The predicted octanol–water partition coefficient (Wildman–Crippen LogP) is 2.81. The Morgan fingerprint density at radius 1 is 1.04 bits per heavy atom. The molecule has 134 valence electrons. The second-order valence-corrected chi connectivity index (χ2v) is 7.61. The number of carbonyl (C=O) groups is 1. The molecule has 0 saturated carbocycles. The van der Waals surface area contributed by atoms with Crippen LogP contribution in [0.3, 0.4) is 0 Å². The first kappa shape index (κ1) is 18.8. The van der Waals surface area contributed by atoms with E-state index in [1.165, 1.54) is 14.2 Å². The molecule has 1 amide bonds. The number of hydrogen-bond donors (Lipinski definition) is 1. The van der Waals surface area contributed by atoms with Crippen LogP contribution in [0.25, 0.3) is 0 Å². The smallest absolute Gasteiger partial charge is 0.225 e. The second-order valence-electron chi connectivity index (χ2n) is 5.50. The summed E-state index contributed by atoms with van der Waals surface area (Å²) in [6.07, 6.45) is -0.156. The van der Waals surface area contributed by atoms with Crippen LogP contribution in [0.4, 0.5) is 5.69 Å². The van der Waals surface area contributed by atoms with Crippen LogP contribution in [-0.2, 0) is 14.6 Å². The molecular weight excluding hydrogens is 342 g/mol. The van der Waals surface area contributed by atoms with Crippen molar-refractivity contribution in [3.63, 3.8) is 0 Å². The fraction of sp³-hybridized carbons (Fsp3) is 0.278. The van der Waals surface area contributed by atoms with Crippen LogP contribution < -0.4 is 14.8 Å². The van der Waals surface area contributed by atoms with Gasteiger partial charge >= 0.3 is 0 Å². The summed E-state index contributed by atoms with van der Waals surface area (Å²) in [5.74, 6) is 0.343. The van der Waals surface area contributed by atoms with Crippen molar-refractivity contribution in [3.8, 4) is 11.5 Å². The summed E-state index contributed by atoms with van der Waals surface area (Å²) in [5.41, 5.74) is 1.40. The van der Waals surface area contributed by atoms with Gasteiger partial charge in [0.1, 0.15) is 11.5 Å². The van der Waals surface area contributed by atoms with Crippen LogP contribution >= 0.6 is 0 Å². The first-order valence-electron chi connectivity index (χ1n) is 7.67. The molecule has 0 aliphatic heterocycles. The van der Waals surface area contributed by atoms with E-state index in [1.807, 2.05) is 6.92 Å². The zero-order valence-corrected chi connectivity index (χ0v) is 15.2. The van der Waals surface area contributed by atoms with Gasteiger partial charge in [-0.15, -0.1) is 0 Å². The highest BCUT2D eigenvalue weighted by atomic mass is 32.2. The molecule has 0 unspecified atom stereocenters. The topological polar surface area (TPSA) is 81.7 Å². The summed E-state index contributed by atoms with van der Waals surface area (Å²) in [6, 6.07) is 11.5. The molecule has 0 spiro atoms. The van der Waals surface area contributed by atoms with Crippen LogP contribution in [0, 0.1) is 6.92 Å². The summed E-state index contributed by atoms with van der Waals surface area (Å²) in [4.78, 5) is 12.4. The van der Waals surface area contributed by atoms with Crippen molar-refractivity contribution in [1.29, 1.82) is 0 Å². The SMILES string of the molecule is COc1ccc(OC)c(NC(=O)CCS(=O)(=O)c2ccc(C)cc2)c1. The maximum absolute atomic E-state index is 12.3. The molecule has 7 heteroatoms. The molecule has 0 aliphatic carbocycles. The molecule has 2 rings (SSSR count). The molecule has 0 atom stereocenters. The molecule has 0 radical (unpaired) electrons. The van der Waals surface area contributed by atoms with E-state index < -0.39 is 15.7 Å². The van der Waals surface area contributed by atoms with Crippen molar-refractivity contribution in [2.45, 2.75) is 18.2 Å². The van der Waals surface area contributed by atoms with Gasteiger partial charge in [0, 0.05) is 12.5 Å². The normalized spacial score (nSPS) is 11.0. The monoisotopic (exact) mass is 363 g/mol. The number of nitrogens with one attached hydrogen (secondary N) is 1. The number of methoxy groups -OCH3 is 2. The van der Waals surface area contributed by atoms with Crippen LogP contribution in [0.15, 0.2) is 47.4 Å². The Morgan fingerprint density at radius 2 is 1.72 bits per heavy atom. The van der Waals surface area contributed by atoms with Crippen LogP contribution in [0.1, 0.15) is 12.0 Å². The lowest BCUT2D eigenvalue weighted by Gasteiger charge is -2.12. The highest BCUT2D eigenvalue weighted by Gasteiger charge is 2.17. The third-order valence-electron chi connectivity index (χ3n) is 3.66. The minimum absolute atomic E-state index is 0.156. The lowest BCUT2D eigenvalue weighted by molar-refractivity contribution is -0.115. The summed E-state index contributed by atoms with van der Waals surface area (Å²) < 4.78 is 34.9. The highest BCUT2D eigenvalue weighted by molar-refractivity contribution is 7.91. The lowest BCUT2D eigenvalue weighted by atomic mass is 10.2. The van der Waals surface area contributed by atoms with Gasteiger partial charge in [-0.1, -0.05) is 17.7 Å². The number of carbonyl (C=O) groups excluding carboxylic acids is 1. The summed E-state index contributed by atoms with van der Waals surface area (Å²) in [6.45, 7) is 1.88. The van der Waals surface area contributed by atoms with Gasteiger partial charge in [0.25, 0.3) is 0 Å². The number of rotatable bonds is 7. The van der Waals surface area contributed by atoms with Crippen LogP contribution in [-0.4, -0.2) is 34.3 Å².